The largest absolute Gasteiger partial charge is 0.260 e. The molecule has 1 fully saturated rings. The first-order chi connectivity index (χ1) is 12.8. The fraction of sp³-hybridized carbons (Fsp3) is 0.333. The van der Waals surface area contributed by atoms with E-state index in [0.717, 1.165) is 31.2 Å². The van der Waals surface area contributed by atoms with E-state index in [4.69, 9.17) is 34.8 Å². The van der Waals surface area contributed by atoms with Crippen LogP contribution in [0.5, 0.6) is 0 Å². The molecule has 5 nitrogen and oxygen atoms in total. The quantitative estimate of drug-likeness (QED) is 0.369. The lowest BCUT2D eigenvalue weighted by Gasteiger charge is -2.11. The Kier molecular flexibility index (Phi) is 6.31. The molecule has 1 saturated carbocycles. The average molecular weight is 447 g/mol. The Hall–Kier alpha value is -1.34. The van der Waals surface area contributed by atoms with E-state index in [1.165, 1.54) is 6.07 Å². The first kappa shape index (κ1) is 20.4. The van der Waals surface area contributed by atoms with Crippen molar-refractivity contribution in [2.75, 3.05) is 5.43 Å². The minimum absolute atomic E-state index is 0.123. The van der Waals surface area contributed by atoms with Crippen LogP contribution in [-0.4, -0.2) is 24.4 Å². The lowest BCUT2D eigenvalue weighted by atomic mass is 10.1. The number of halogens is 3. The molecule has 0 atom stereocenters. The molecule has 27 heavy (non-hydrogen) atoms. The fourth-order valence-electron chi connectivity index (χ4n) is 3.00. The zero-order valence-corrected chi connectivity index (χ0v) is 17.6. The van der Waals surface area contributed by atoms with Gasteiger partial charge in [-0.2, -0.15) is 5.10 Å². The highest BCUT2D eigenvalue weighted by Crippen LogP contribution is 2.30. The molecule has 0 bridgehead atoms. The number of nitrogens with one attached hydrogen (secondary N) is 1. The lowest BCUT2D eigenvalue weighted by molar-refractivity contribution is 0.579. The van der Waals surface area contributed by atoms with Gasteiger partial charge in [0, 0.05) is 0 Å². The number of rotatable bonds is 5. The number of pyridine rings is 1. The SMILES string of the molecule is C/C(=N\Nc1nc(Cl)c(Cl)cc1Cl)c1ccc(S(=O)(=O)C2CCCC2)cc1. The van der Waals surface area contributed by atoms with Crippen LogP contribution in [0.1, 0.15) is 38.2 Å². The molecule has 0 aliphatic heterocycles. The topological polar surface area (TPSA) is 71.4 Å². The lowest BCUT2D eigenvalue weighted by Crippen LogP contribution is -2.17. The summed E-state index contributed by atoms with van der Waals surface area (Å²) in [5, 5.41) is 4.64. The maximum atomic E-state index is 12.6. The minimum Gasteiger partial charge on any atom is -0.260 e. The third-order valence-corrected chi connectivity index (χ3v) is 7.80. The summed E-state index contributed by atoms with van der Waals surface area (Å²) in [6.45, 7) is 1.79. The number of sulfone groups is 1. The third kappa shape index (κ3) is 4.57. The van der Waals surface area contributed by atoms with E-state index in [1.807, 2.05) is 0 Å². The summed E-state index contributed by atoms with van der Waals surface area (Å²) in [6.07, 6.45) is 3.44. The van der Waals surface area contributed by atoms with E-state index < -0.39 is 9.84 Å². The van der Waals surface area contributed by atoms with Crippen LogP contribution in [0.2, 0.25) is 15.2 Å². The van der Waals surface area contributed by atoms with Crippen molar-refractivity contribution < 1.29 is 8.42 Å². The van der Waals surface area contributed by atoms with Crippen LogP contribution in [0.3, 0.4) is 0 Å². The molecule has 0 unspecified atom stereocenters. The number of anilines is 1. The zero-order chi connectivity index (χ0) is 19.6. The molecular weight excluding hydrogens is 429 g/mol. The third-order valence-electron chi connectivity index (χ3n) is 4.56. The number of aromatic nitrogens is 1. The van der Waals surface area contributed by atoms with Crippen molar-refractivity contribution in [2.45, 2.75) is 42.8 Å². The van der Waals surface area contributed by atoms with Crippen molar-refractivity contribution in [3.8, 4) is 0 Å². The Bertz CT molecular complexity index is 970. The highest BCUT2D eigenvalue weighted by Gasteiger charge is 2.30. The van der Waals surface area contributed by atoms with Crippen molar-refractivity contribution >= 4 is 56.2 Å². The molecule has 1 aliphatic rings. The van der Waals surface area contributed by atoms with E-state index in [2.05, 4.69) is 15.5 Å². The molecule has 1 N–H and O–H groups in total. The summed E-state index contributed by atoms with van der Waals surface area (Å²) in [4.78, 5) is 4.39. The molecule has 1 aromatic heterocycles. The Labute approximate surface area is 173 Å². The summed E-state index contributed by atoms with van der Waals surface area (Å²) < 4.78 is 25.3. The molecule has 0 amide bonds. The first-order valence-corrected chi connectivity index (χ1v) is 11.1. The van der Waals surface area contributed by atoms with Crippen molar-refractivity contribution in [1.82, 2.24) is 4.98 Å². The van der Waals surface area contributed by atoms with E-state index in [9.17, 15) is 8.42 Å². The predicted molar refractivity (Wildman–Crippen MR) is 111 cm³/mol. The second-order valence-corrected chi connectivity index (χ2v) is 9.78. The van der Waals surface area contributed by atoms with Gasteiger partial charge < -0.3 is 0 Å². The molecule has 3 rings (SSSR count). The van der Waals surface area contributed by atoms with Crippen LogP contribution in [0, 0.1) is 0 Å². The molecule has 2 aromatic rings. The molecule has 9 heteroatoms. The van der Waals surface area contributed by atoms with E-state index >= 15 is 0 Å². The Morgan fingerprint density at radius 1 is 1.11 bits per heavy atom. The van der Waals surface area contributed by atoms with E-state index in [1.54, 1.807) is 31.2 Å². The van der Waals surface area contributed by atoms with E-state index in [-0.39, 0.29) is 21.2 Å². The number of nitrogens with zero attached hydrogens (tertiary/aromatic N) is 2. The van der Waals surface area contributed by atoms with Gasteiger partial charge in [-0.1, -0.05) is 59.8 Å². The fourth-order valence-corrected chi connectivity index (χ4v) is 5.40. The van der Waals surface area contributed by atoms with Crippen molar-refractivity contribution in [3.63, 3.8) is 0 Å². The monoisotopic (exact) mass is 445 g/mol. The highest BCUT2D eigenvalue weighted by molar-refractivity contribution is 7.92. The number of hydrogen-bond donors (Lipinski definition) is 1. The molecule has 0 saturated heterocycles. The highest BCUT2D eigenvalue weighted by atomic mass is 35.5. The normalized spacial score (nSPS) is 15.9. The second kappa shape index (κ2) is 8.35. The number of hydrogen-bond acceptors (Lipinski definition) is 5. The maximum Gasteiger partial charge on any atom is 0.181 e. The summed E-state index contributed by atoms with van der Waals surface area (Å²) in [5.74, 6) is 0.283. The van der Waals surface area contributed by atoms with Gasteiger partial charge >= 0.3 is 0 Å². The maximum absolute atomic E-state index is 12.6. The molecule has 0 radical (unpaired) electrons. The minimum atomic E-state index is -3.26. The Morgan fingerprint density at radius 2 is 1.74 bits per heavy atom. The first-order valence-electron chi connectivity index (χ1n) is 8.45. The van der Waals surface area contributed by atoms with Gasteiger partial charge in [0.05, 0.1) is 25.9 Å². The van der Waals surface area contributed by atoms with Gasteiger partial charge in [-0.25, -0.2) is 13.4 Å². The van der Waals surface area contributed by atoms with Crippen LogP contribution in [0.25, 0.3) is 0 Å². The van der Waals surface area contributed by atoms with Gasteiger partial charge in [-0.05, 0) is 43.5 Å². The Balaban J connectivity index is 1.76. The average Bonchev–Trinajstić information content (AvgIpc) is 3.19. The van der Waals surface area contributed by atoms with Crippen LogP contribution < -0.4 is 5.43 Å². The summed E-state index contributed by atoms with van der Waals surface area (Å²) in [7, 11) is -3.26. The summed E-state index contributed by atoms with van der Waals surface area (Å²) in [6, 6.07) is 8.23. The molecule has 0 spiro atoms. The van der Waals surface area contributed by atoms with Crippen LogP contribution in [0.4, 0.5) is 5.82 Å². The summed E-state index contributed by atoms with van der Waals surface area (Å²) >= 11 is 17.8. The second-order valence-electron chi connectivity index (χ2n) is 6.38. The molecule has 1 heterocycles. The van der Waals surface area contributed by atoms with Gasteiger partial charge in [-0.15, -0.1) is 0 Å². The zero-order valence-electron chi connectivity index (χ0n) is 14.5. The van der Waals surface area contributed by atoms with E-state index in [0.29, 0.717) is 15.6 Å². The molecular formula is C18H18Cl3N3O2S. The van der Waals surface area contributed by atoms with Crippen LogP contribution in [0.15, 0.2) is 40.3 Å². The van der Waals surface area contributed by atoms with Crippen molar-refractivity contribution in [3.05, 3.63) is 51.1 Å². The van der Waals surface area contributed by atoms with Crippen LogP contribution in [-0.2, 0) is 9.84 Å². The van der Waals surface area contributed by atoms with Crippen LogP contribution >= 0.6 is 34.8 Å². The van der Waals surface area contributed by atoms with Gasteiger partial charge in [0.25, 0.3) is 0 Å². The smallest absolute Gasteiger partial charge is 0.181 e. The number of hydrazone groups is 1. The molecule has 1 aliphatic carbocycles. The van der Waals surface area contributed by atoms with Crippen molar-refractivity contribution in [2.24, 2.45) is 5.10 Å². The van der Waals surface area contributed by atoms with Gasteiger partial charge in [0.1, 0.15) is 5.15 Å². The van der Waals surface area contributed by atoms with Gasteiger partial charge in [0.15, 0.2) is 15.7 Å². The van der Waals surface area contributed by atoms with Gasteiger partial charge in [0.2, 0.25) is 0 Å². The molecule has 144 valence electrons. The Morgan fingerprint density at radius 3 is 2.37 bits per heavy atom. The van der Waals surface area contributed by atoms with Gasteiger partial charge in [-0.3, -0.25) is 5.43 Å². The number of benzene rings is 1. The summed E-state index contributed by atoms with van der Waals surface area (Å²) in [5.41, 5.74) is 4.18. The van der Waals surface area contributed by atoms with Crippen molar-refractivity contribution in [1.29, 1.82) is 0 Å². The standard InChI is InChI=1S/C18H18Cl3N3O2S/c1-11(23-24-18-16(20)10-15(19)17(21)22-18)12-6-8-14(9-7-12)27(25,26)13-4-2-3-5-13/h6-10,13H,2-5H2,1H3,(H,22,24)/b23-11+. The molecule has 1 aromatic carbocycles. The predicted octanol–water partition coefficient (Wildman–Crippen LogP) is 5.59.